The molecule has 3 heterocycles. The zero-order valence-corrected chi connectivity index (χ0v) is 23.7. The number of carbonyl (C=O) groups excluding carboxylic acids is 1. The fourth-order valence-electron chi connectivity index (χ4n) is 6.87. The normalized spacial score (nSPS) is 21.2. The molecule has 0 aliphatic carbocycles. The van der Waals surface area contributed by atoms with Crippen molar-refractivity contribution in [1.82, 2.24) is 14.8 Å². The van der Waals surface area contributed by atoms with E-state index in [1.807, 2.05) is 48.7 Å². The number of unbranched alkanes of at least 4 members (excludes halogenated alkanes) is 2. The summed E-state index contributed by atoms with van der Waals surface area (Å²) in [5, 5.41) is 4.68. The number of carbonyl (C=O) groups is 1. The molecule has 2 saturated heterocycles. The Morgan fingerprint density at radius 2 is 1.84 bits per heavy atom. The Kier molecular flexibility index (Phi) is 8.96. The maximum absolute atomic E-state index is 13.3. The quantitative estimate of drug-likeness (QED) is 0.245. The lowest BCUT2D eigenvalue weighted by atomic mass is 9.86. The van der Waals surface area contributed by atoms with Crippen LogP contribution in [0.15, 0.2) is 48.7 Å². The first-order valence-corrected chi connectivity index (χ1v) is 14.9. The third-order valence-electron chi connectivity index (χ3n) is 8.68. The smallest absolute Gasteiger partial charge is 0.253 e. The minimum absolute atomic E-state index is 0.0785. The number of methoxy groups -OCH3 is 1. The van der Waals surface area contributed by atoms with E-state index in [9.17, 15) is 4.79 Å². The Morgan fingerprint density at radius 1 is 1.05 bits per heavy atom. The third kappa shape index (κ3) is 6.05. The largest absolute Gasteiger partial charge is 0.495 e. The van der Waals surface area contributed by atoms with Crippen molar-refractivity contribution in [3.05, 3.63) is 64.8 Å². The monoisotopic (exact) mass is 535 g/mol. The first-order valence-electron chi connectivity index (χ1n) is 14.5. The first kappa shape index (κ1) is 27.1. The second-order valence-electron chi connectivity index (χ2n) is 11.2. The van der Waals surface area contributed by atoms with Crippen molar-refractivity contribution in [2.75, 3.05) is 13.7 Å². The molecule has 3 atom stereocenters. The number of hydrogen-bond acceptors (Lipinski definition) is 3. The van der Waals surface area contributed by atoms with Gasteiger partial charge < -0.3 is 14.6 Å². The van der Waals surface area contributed by atoms with E-state index in [1.54, 1.807) is 7.11 Å². The maximum atomic E-state index is 13.3. The van der Waals surface area contributed by atoms with Crippen LogP contribution in [0, 0.1) is 5.92 Å². The van der Waals surface area contributed by atoms with Gasteiger partial charge in [0, 0.05) is 48.3 Å². The Balaban J connectivity index is 1.24. The minimum Gasteiger partial charge on any atom is -0.495 e. The van der Waals surface area contributed by atoms with Gasteiger partial charge in [0.05, 0.1) is 18.2 Å². The van der Waals surface area contributed by atoms with E-state index in [-0.39, 0.29) is 5.91 Å². The second kappa shape index (κ2) is 12.6. The van der Waals surface area contributed by atoms with Crippen LogP contribution in [0.3, 0.4) is 0 Å². The summed E-state index contributed by atoms with van der Waals surface area (Å²) in [5.74, 6) is 1.66. The van der Waals surface area contributed by atoms with Crippen LogP contribution in [-0.2, 0) is 13.1 Å². The third-order valence-corrected chi connectivity index (χ3v) is 8.92. The van der Waals surface area contributed by atoms with Gasteiger partial charge in [-0.3, -0.25) is 9.69 Å². The molecular weight excluding hydrogens is 494 g/mol. The van der Waals surface area contributed by atoms with Crippen molar-refractivity contribution in [2.24, 2.45) is 5.92 Å². The molecule has 5 nitrogen and oxygen atoms in total. The number of aromatic nitrogens is 1. The highest BCUT2D eigenvalue weighted by atomic mass is 35.5. The number of amides is 1. The van der Waals surface area contributed by atoms with E-state index in [0.717, 1.165) is 59.7 Å². The number of nitrogens with zero attached hydrogens (tertiary/aromatic N) is 2. The Hall–Kier alpha value is -2.50. The molecule has 2 aliphatic heterocycles. The predicted octanol–water partition coefficient (Wildman–Crippen LogP) is 7.45. The number of ether oxygens (including phenoxy) is 1. The summed E-state index contributed by atoms with van der Waals surface area (Å²) in [4.78, 5) is 16.1. The predicted molar refractivity (Wildman–Crippen MR) is 156 cm³/mol. The van der Waals surface area contributed by atoms with Gasteiger partial charge >= 0.3 is 0 Å². The van der Waals surface area contributed by atoms with Crippen LogP contribution in [0.4, 0.5) is 0 Å². The molecule has 1 aromatic heterocycles. The molecule has 6 heteroatoms. The van der Waals surface area contributed by atoms with E-state index >= 15 is 0 Å². The minimum atomic E-state index is -0.0785. The van der Waals surface area contributed by atoms with Crippen molar-refractivity contribution in [2.45, 2.75) is 89.9 Å². The Morgan fingerprint density at radius 3 is 2.58 bits per heavy atom. The van der Waals surface area contributed by atoms with Crippen molar-refractivity contribution in [3.8, 4) is 5.75 Å². The molecule has 2 aromatic carbocycles. The molecular formula is C32H42ClN3O2. The number of nitrogens with one attached hydrogen (secondary N) is 1. The molecule has 0 saturated carbocycles. The SMILES string of the molecule is CCCCC[C@H]1C[C@H]2CC[C@@H](C1)N2CCCn1cc(C(=O)NCc2cccc(Cl)c2)c2cccc(OC)c21. The summed E-state index contributed by atoms with van der Waals surface area (Å²) in [5.41, 5.74) is 2.67. The van der Waals surface area contributed by atoms with Crippen LogP contribution < -0.4 is 10.1 Å². The van der Waals surface area contributed by atoms with Gasteiger partial charge in [-0.05, 0) is 61.8 Å². The molecule has 2 bridgehead atoms. The van der Waals surface area contributed by atoms with E-state index in [2.05, 4.69) is 21.7 Å². The summed E-state index contributed by atoms with van der Waals surface area (Å²) >= 11 is 6.12. The topological polar surface area (TPSA) is 46.5 Å². The Bertz CT molecular complexity index is 1220. The van der Waals surface area contributed by atoms with Gasteiger partial charge in [0.1, 0.15) is 5.75 Å². The number of para-hydroxylation sites is 1. The zero-order chi connectivity index (χ0) is 26.5. The molecule has 0 radical (unpaired) electrons. The molecule has 204 valence electrons. The van der Waals surface area contributed by atoms with Gasteiger partial charge in [-0.25, -0.2) is 0 Å². The molecule has 3 aromatic rings. The number of benzene rings is 2. The van der Waals surface area contributed by atoms with Crippen molar-refractivity contribution in [1.29, 1.82) is 0 Å². The van der Waals surface area contributed by atoms with Gasteiger partial charge in [-0.2, -0.15) is 0 Å². The second-order valence-corrected chi connectivity index (χ2v) is 11.7. The van der Waals surface area contributed by atoms with Crippen LogP contribution in [-0.4, -0.2) is 41.1 Å². The summed E-state index contributed by atoms with van der Waals surface area (Å²) in [7, 11) is 1.70. The summed E-state index contributed by atoms with van der Waals surface area (Å²) in [6, 6.07) is 15.1. The molecule has 2 aliphatic rings. The Labute approximate surface area is 232 Å². The van der Waals surface area contributed by atoms with Gasteiger partial charge in [-0.1, -0.05) is 68.5 Å². The standard InChI is InChI=1S/C32H42ClN3O2/c1-3-4-5-9-23-19-26-14-15-27(20-23)36(26)17-8-16-35-22-29(28-12-7-13-30(38-2)31(28)35)32(37)34-21-24-10-6-11-25(33)18-24/h6-7,10-13,18,22-23,26-27H,3-5,8-9,14-17,19-21H2,1-2H3,(H,34,37)/t23-,26+,27-. The van der Waals surface area contributed by atoms with Crippen molar-refractivity contribution >= 4 is 28.4 Å². The average Bonchev–Trinajstić information content (AvgIpc) is 3.41. The highest BCUT2D eigenvalue weighted by Gasteiger charge is 2.39. The van der Waals surface area contributed by atoms with Crippen LogP contribution in [0.1, 0.15) is 80.6 Å². The first-order chi connectivity index (χ1) is 18.6. The number of piperidine rings is 1. The lowest BCUT2D eigenvalue weighted by molar-refractivity contribution is 0.0952. The van der Waals surface area contributed by atoms with Gasteiger partial charge in [0.2, 0.25) is 0 Å². The number of hydrogen-bond donors (Lipinski definition) is 1. The fraction of sp³-hybridized carbons (Fsp3) is 0.531. The molecule has 5 rings (SSSR count). The maximum Gasteiger partial charge on any atom is 0.253 e. The lowest BCUT2D eigenvalue weighted by Crippen LogP contribution is -2.43. The van der Waals surface area contributed by atoms with E-state index < -0.39 is 0 Å². The van der Waals surface area contributed by atoms with Crippen molar-refractivity contribution < 1.29 is 9.53 Å². The van der Waals surface area contributed by atoms with Crippen molar-refractivity contribution in [3.63, 3.8) is 0 Å². The van der Waals surface area contributed by atoms with Crippen LogP contribution in [0.2, 0.25) is 5.02 Å². The fourth-order valence-corrected chi connectivity index (χ4v) is 7.08. The van der Waals surface area contributed by atoms with Gasteiger partial charge in [0.15, 0.2) is 0 Å². The van der Waals surface area contributed by atoms with Crippen LogP contribution in [0.25, 0.3) is 10.9 Å². The molecule has 2 fully saturated rings. The molecule has 0 spiro atoms. The molecule has 0 unspecified atom stereocenters. The average molecular weight is 536 g/mol. The zero-order valence-electron chi connectivity index (χ0n) is 22.9. The summed E-state index contributed by atoms with van der Waals surface area (Å²) in [6.45, 7) is 4.73. The highest BCUT2D eigenvalue weighted by molar-refractivity contribution is 6.30. The van der Waals surface area contributed by atoms with E-state index in [1.165, 1.54) is 51.4 Å². The van der Waals surface area contributed by atoms with E-state index in [4.69, 9.17) is 16.3 Å². The number of halogens is 1. The lowest BCUT2D eigenvalue weighted by Gasteiger charge is -2.39. The number of fused-ring (bicyclic) bond motifs is 3. The van der Waals surface area contributed by atoms with E-state index in [0.29, 0.717) is 17.1 Å². The van der Waals surface area contributed by atoms with Gasteiger partial charge in [0.25, 0.3) is 5.91 Å². The molecule has 1 amide bonds. The molecule has 1 N–H and O–H groups in total. The van der Waals surface area contributed by atoms with Crippen LogP contribution in [0.5, 0.6) is 5.75 Å². The molecule has 38 heavy (non-hydrogen) atoms. The summed E-state index contributed by atoms with van der Waals surface area (Å²) in [6.07, 6.45) is 14.1. The summed E-state index contributed by atoms with van der Waals surface area (Å²) < 4.78 is 7.94. The number of aryl methyl sites for hydroxylation is 1. The van der Waals surface area contributed by atoms with Gasteiger partial charge in [-0.15, -0.1) is 0 Å². The van der Waals surface area contributed by atoms with Crippen LogP contribution >= 0.6 is 11.6 Å². The highest BCUT2D eigenvalue weighted by Crippen LogP contribution is 2.40. The number of rotatable bonds is 12.